The Morgan fingerprint density at radius 3 is 2.56 bits per heavy atom. The fourth-order valence-electron chi connectivity index (χ4n) is 5.03. The van der Waals surface area contributed by atoms with E-state index in [9.17, 15) is 9.90 Å². The molecule has 0 radical (unpaired) electrons. The molecular formula is C29H34N4O3. The van der Waals surface area contributed by atoms with Gasteiger partial charge in [0.15, 0.2) is 0 Å². The topological polar surface area (TPSA) is 81.3 Å². The van der Waals surface area contributed by atoms with Crippen LogP contribution in [0.5, 0.6) is 11.5 Å². The average molecular weight is 487 g/mol. The summed E-state index contributed by atoms with van der Waals surface area (Å²) in [4.78, 5) is 17.5. The molecule has 0 amide bonds. The highest BCUT2D eigenvalue weighted by Crippen LogP contribution is 2.39. The summed E-state index contributed by atoms with van der Waals surface area (Å²) in [5.74, 6) is 1.96. The van der Waals surface area contributed by atoms with E-state index in [1.165, 1.54) is 12.8 Å². The second-order valence-corrected chi connectivity index (χ2v) is 10.4. The lowest BCUT2D eigenvalue weighted by molar-refractivity contribution is 0.0786. The van der Waals surface area contributed by atoms with Gasteiger partial charge < -0.3 is 24.3 Å². The van der Waals surface area contributed by atoms with Gasteiger partial charge in [-0.25, -0.2) is 0 Å². The number of aryl methyl sites for hydroxylation is 2. The van der Waals surface area contributed by atoms with Crippen LogP contribution in [0.1, 0.15) is 37.9 Å². The molecule has 0 aliphatic carbocycles. The fraction of sp³-hybridized carbons (Fsp3) is 0.379. The quantitative estimate of drug-likeness (QED) is 0.419. The van der Waals surface area contributed by atoms with Crippen LogP contribution in [0.4, 0.5) is 0 Å². The predicted octanol–water partition coefficient (Wildman–Crippen LogP) is 4.50. The third-order valence-electron chi connectivity index (χ3n) is 7.17. The van der Waals surface area contributed by atoms with Crippen LogP contribution in [-0.2, 0) is 26.1 Å². The van der Waals surface area contributed by atoms with Crippen molar-refractivity contribution in [3.63, 3.8) is 0 Å². The molecule has 4 heterocycles. The van der Waals surface area contributed by atoms with Gasteiger partial charge >= 0.3 is 0 Å². The normalized spacial score (nSPS) is 14.9. The molecule has 7 heteroatoms. The van der Waals surface area contributed by atoms with Crippen LogP contribution in [0.3, 0.4) is 0 Å². The molecule has 1 aromatic carbocycles. The van der Waals surface area contributed by atoms with Gasteiger partial charge in [-0.3, -0.25) is 9.78 Å². The first kappa shape index (κ1) is 24.3. The zero-order chi connectivity index (χ0) is 25.4. The molecule has 0 saturated carbocycles. The summed E-state index contributed by atoms with van der Waals surface area (Å²) in [6, 6.07) is 11.7. The van der Waals surface area contributed by atoms with Crippen LogP contribution >= 0.6 is 0 Å². The molecule has 1 fully saturated rings. The summed E-state index contributed by atoms with van der Waals surface area (Å²) < 4.78 is 9.79. The number of aromatic nitrogens is 3. The zero-order valence-electron chi connectivity index (χ0n) is 21.4. The van der Waals surface area contributed by atoms with Crippen LogP contribution in [0.25, 0.3) is 22.0 Å². The zero-order valence-corrected chi connectivity index (χ0v) is 21.4. The molecule has 188 valence electrons. The number of nitrogens with zero attached hydrogens (tertiary/aromatic N) is 3. The van der Waals surface area contributed by atoms with Gasteiger partial charge in [-0.05, 0) is 88.0 Å². The molecule has 2 N–H and O–H groups in total. The summed E-state index contributed by atoms with van der Waals surface area (Å²) in [6.07, 6.45) is 8.86. The van der Waals surface area contributed by atoms with E-state index in [-0.39, 0.29) is 5.56 Å². The van der Waals surface area contributed by atoms with Gasteiger partial charge in [-0.1, -0.05) is 6.07 Å². The first-order chi connectivity index (χ1) is 17.2. The van der Waals surface area contributed by atoms with E-state index in [0.29, 0.717) is 22.9 Å². The summed E-state index contributed by atoms with van der Waals surface area (Å²) >= 11 is 0. The van der Waals surface area contributed by atoms with Crippen molar-refractivity contribution in [3.05, 3.63) is 76.6 Å². The lowest BCUT2D eigenvalue weighted by Crippen LogP contribution is -2.28. The maximum atomic E-state index is 12.8. The third kappa shape index (κ3) is 4.81. The second kappa shape index (κ2) is 9.56. The number of aliphatic hydroxyl groups is 1. The third-order valence-corrected chi connectivity index (χ3v) is 7.17. The predicted molar refractivity (Wildman–Crippen MR) is 142 cm³/mol. The first-order valence-electron chi connectivity index (χ1n) is 12.6. The minimum Gasteiger partial charge on any atom is -0.455 e. The highest BCUT2D eigenvalue weighted by Gasteiger charge is 2.22. The highest BCUT2D eigenvalue weighted by molar-refractivity contribution is 5.96. The van der Waals surface area contributed by atoms with E-state index >= 15 is 0 Å². The van der Waals surface area contributed by atoms with E-state index in [1.807, 2.05) is 60.4 Å². The molecule has 0 spiro atoms. The summed E-state index contributed by atoms with van der Waals surface area (Å²) in [7, 11) is 3.62. The van der Waals surface area contributed by atoms with Gasteiger partial charge in [0.05, 0.1) is 11.8 Å². The van der Waals surface area contributed by atoms with Crippen molar-refractivity contribution in [2.24, 2.45) is 20.0 Å². The van der Waals surface area contributed by atoms with E-state index in [1.54, 1.807) is 31.7 Å². The van der Waals surface area contributed by atoms with Crippen molar-refractivity contribution in [2.45, 2.75) is 38.7 Å². The summed E-state index contributed by atoms with van der Waals surface area (Å²) in [5, 5.41) is 15.0. The number of fused-ring (bicyclic) bond motifs is 1. The van der Waals surface area contributed by atoms with Crippen LogP contribution < -0.4 is 15.6 Å². The molecule has 0 unspecified atom stereocenters. The lowest BCUT2D eigenvalue weighted by Gasteiger charge is -2.22. The molecule has 4 aromatic rings. The average Bonchev–Trinajstić information content (AvgIpc) is 3.24. The molecule has 0 atom stereocenters. The largest absolute Gasteiger partial charge is 0.455 e. The van der Waals surface area contributed by atoms with Crippen molar-refractivity contribution < 1.29 is 9.84 Å². The molecule has 1 aliphatic heterocycles. The van der Waals surface area contributed by atoms with Crippen LogP contribution in [0.15, 0.2) is 59.8 Å². The first-order valence-corrected chi connectivity index (χ1v) is 12.6. The molecule has 0 bridgehead atoms. The standard InChI is InChI=1S/C29H34N4O3/c1-29(2,35)20-5-8-26(36-22-7-6-21(31-17-22)15-19-9-12-30-13-10-19)24(16-20)25-18-33(4)28(34)27-23(25)11-14-32(27)3/h5-8,11,14,16-19,30,35H,9-10,12-13,15H2,1-4H3. The van der Waals surface area contributed by atoms with Gasteiger partial charge in [-0.15, -0.1) is 0 Å². The number of ether oxygens (including phenoxy) is 1. The smallest absolute Gasteiger partial charge is 0.274 e. The van der Waals surface area contributed by atoms with Crippen LogP contribution in [0, 0.1) is 5.92 Å². The van der Waals surface area contributed by atoms with Crippen molar-refractivity contribution in [2.75, 3.05) is 13.1 Å². The molecular weight excluding hydrogens is 452 g/mol. The molecule has 7 nitrogen and oxygen atoms in total. The highest BCUT2D eigenvalue weighted by atomic mass is 16.5. The van der Waals surface area contributed by atoms with E-state index in [4.69, 9.17) is 4.74 Å². The van der Waals surface area contributed by atoms with E-state index < -0.39 is 5.60 Å². The minimum atomic E-state index is -1.03. The van der Waals surface area contributed by atoms with Gasteiger partial charge in [0.2, 0.25) is 0 Å². The van der Waals surface area contributed by atoms with Gasteiger partial charge in [-0.2, -0.15) is 0 Å². The lowest BCUT2D eigenvalue weighted by atomic mass is 9.93. The van der Waals surface area contributed by atoms with E-state index in [2.05, 4.69) is 10.3 Å². The Morgan fingerprint density at radius 1 is 1.08 bits per heavy atom. The van der Waals surface area contributed by atoms with Crippen LogP contribution in [0.2, 0.25) is 0 Å². The number of hydrogen-bond acceptors (Lipinski definition) is 5. The Morgan fingerprint density at radius 2 is 1.86 bits per heavy atom. The van der Waals surface area contributed by atoms with Crippen LogP contribution in [-0.4, -0.2) is 32.3 Å². The number of pyridine rings is 2. The van der Waals surface area contributed by atoms with Crippen molar-refractivity contribution in [1.82, 2.24) is 19.4 Å². The van der Waals surface area contributed by atoms with Gasteiger partial charge in [0, 0.05) is 48.7 Å². The number of rotatable bonds is 6. The maximum Gasteiger partial charge on any atom is 0.274 e. The molecule has 1 saturated heterocycles. The Bertz CT molecular complexity index is 1440. The molecule has 5 rings (SSSR count). The summed E-state index contributed by atoms with van der Waals surface area (Å²) in [5.41, 5.74) is 3.05. The number of nitrogens with one attached hydrogen (secondary N) is 1. The number of benzene rings is 1. The minimum absolute atomic E-state index is 0.0594. The Hall–Kier alpha value is -3.42. The Labute approximate surface area is 211 Å². The SMILES string of the molecule is Cn1cc(-c2cc(C(C)(C)O)ccc2Oc2ccc(CC3CCNCC3)nc2)c2ccn(C)c2c1=O. The van der Waals surface area contributed by atoms with Crippen molar-refractivity contribution >= 4 is 10.9 Å². The monoisotopic (exact) mass is 486 g/mol. The van der Waals surface area contributed by atoms with Crippen molar-refractivity contribution in [1.29, 1.82) is 0 Å². The maximum absolute atomic E-state index is 12.8. The number of piperidine rings is 1. The number of hydrogen-bond donors (Lipinski definition) is 2. The van der Waals surface area contributed by atoms with Crippen molar-refractivity contribution in [3.8, 4) is 22.6 Å². The fourth-order valence-corrected chi connectivity index (χ4v) is 5.03. The Kier molecular flexibility index (Phi) is 6.45. The van der Waals surface area contributed by atoms with Gasteiger partial charge in [0.25, 0.3) is 5.56 Å². The Balaban J connectivity index is 1.53. The molecule has 36 heavy (non-hydrogen) atoms. The van der Waals surface area contributed by atoms with Gasteiger partial charge in [0.1, 0.15) is 17.0 Å². The molecule has 1 aliphatic rings. The molecule has 3 aromatic heterocycles. The van der Waals surface area contributed by atoms with E-state index in [0.717, 1.165) is 47.3 Å². The summed E-state index contributed by atoms with van der Waals surface area (Å²) in [6.45, 7) is 5.68. The second-order valence-electron chi connectivity index (χ2n) is 10.4.